The number of halogens is 5. The van der Waals surface area contributed by atoms with Crippen molar-refractivity contribution < 1.29 is 32.3 Å². The number of carbonyl (C=O) groups is 2. The fraction of sp³-hybridized carbons (Fsp3) is 0.429. The maximum absolute atomic E-state index is 14.6. The van der Waals surface area contributed by atoms with Crippen molar-refractivity contribution >= 4 is 40.1 Å². The molecule has 1 aliphatic rings. The third-order valence-corrected chi connectivity index (χ3v) is 7.51. The monoisotopic (exact) mass is 537 g/mol. The van der Waals surface area contributed by atoms with Crippen molar-refractivity contribution in [1.82, 2.24) is 9.13 Å². The number of hydrogen-bond acceptors (Lipinski definition) is 6. The summed E-state index contributed by atoms with van der Waals surface area (Å²) >= 11 is 6.93. The van der Waals surface area contributed by atoms with Crippen LogP contribution in [0.4, 0.5) is 23.2 Å². The van der Waals surface area contributed by atoms with Crippen molar-refractivity contribution in [3.05, 3.63) is 55.6 Å². The molecule has 0 amide bonds. The fourth-order valence-electron chi connectivity index (χ4n) is 3.53. The van der Waals surface area contributed by atoms with Gasteiger partial charge < -0.3 is 10.4 Å². The van der Waals surface area contributed by atoms with Gasteiger partial charge in [0.25, 0.3) is 5.56 Å². The molecule has 190 valence electrons. The second-order valence-corrected chi connectivity index (χ2v) is 9.70. The van der Waals surface area contributed by atoms with Crippen LogP contribution in [-0.2, 0) is 22.8 Å². The van der Waals surface area contributed by atoms with Crippen LogP contribution in [0.3, 0.4) is 0 Å². The predicted octanol–water partition coefficient (Wildman–Crippen LogP) is 3.52. The molecule has 8 nitrogen and oxygen atoms in total. The summed E-state index contributed by atoms with van der Waals surface area (Å²) < 4.78 is 54.2. The molecule has 1 aromatic heterocycles. The maximum Gasteiger partial charge on any atom is 0.431 e. The van der Waals surface area contributed by atoms with Gasteiger partial charge in [0.15, 0.2) is 0 Å². The van der Waals surface area contributed by atoms with E-state index in [9.17, 15) is 41.8 Å². The maximum atomic E-state index is 14.6. The standard InChI is InChI=1S/C21H20ClF4N3O5S/c1-10(18(32)33)20(3-4-20)9-35-17(31)8-27-13-6-14(12(23)5-11(13)22)29-16(30)7-15(21(24,25)26)28(2)19(29)34/h5-7,10,27H,3-4,8-9H2,1-2H3,(H,32,33). The minimum atomic E-state index is -4.98. The lowest BCUT2D eigenvalue weighted by atomic mass is 9.93. The summed E-state index contributed by atoms with van der Waals surface area (Å²) in [7, 11) is 0.793. The van der Waals surface area contributed by atoms with Crippen molar-refractivity contribution in [1.29, 1.82) is 0 Å². The van der Waals surface area contributed by atoms with Crippen LogP contribution in [0.1, 0.15) is 25.5 Å². The summed E-state index contributed by atoms with van der Waals surface area (Å²) in [5.74, 6) is -2.38. The minimum absolute atomic E-state index is 0.0362. The Kier molecular flexibility index (Phi) is 7.42. The van der Waals surface area contributed by atoms with Gasteiger partial charge in [-0.25, -0.2) is 13.8 Å². The molecule has 0 bridgehead atoms. The van der Waals surface area contributed by atoms with Gasteiger partial charge in [-0.1, -0.05) is 30.3 Å². The van der Waals surface area contributed by atoms with Gasteiger partial charge in [0.2, 0.25) is 5.12 Å². The Morgan fingerprint density at radius 1 is 1.26 bits per heavy atom. The van der Waals surface area contributed by atoms with E-state index in [1.54, 1.807) is 6.92 Å². The summed E-state index contributed by atoms with van der Waals surface area (Å²) in [6, 6.07) is 1.88. The van der Waals surface area contributed by atoms with Gasteiger partial charge in [-0.05, 0) is 30.4 Å². The SMILES string of the molecule is CC(C(=O)O)C1(CSC(=O)CNc2cc(-n3c(=O)cc(C(F)(F)F)n(C)c3=O)c(F)cc2Cl)CC1. The molecular weight excluding hydrogens is 518 g/mol. The first kappa shape index (κ1) is 26.8. The Morgan fingerprint density at radius 3 is 2.43 bits per heavy atom. The molecule has 2 N–H and O–H groups in total. The molecule has 1 fully saturated rings. The van der Waals surface area contributed by atoms with Crippen molar-refractivity contribution in [2.24, 2.45) is 18.4 Å². The van der Waals surface area contributed by atoms with Crippen molar-refractivity contribution in [2.45, 2.75) is 25.9 Å². The summed E-state index contributed by atoms with van der Waals surface area (Å²) in [5.41, 5.74) is -5.46. The highest BCUT2D eigenvalue weighted by Crippen LogP contribution is 2.54. The average Bonchev–Trinajstić information content (AvgIpc) is 3.55. The molecule has 35 heavy (non-hydrogen) atoms. The number of alkyl halides is 3. The fourth-order valence-corrected chi connectivity index (χ4v) is 4.91. The number of carbonyl (C=O) groups excluding carboxylic acids is 1. The first-order valence-corrected chi connectivity index (χ1v) is 11.6. The number of thioether (sulfide) groups is 1. The molecule has 0 spiro atoms. The smallest absolute Gasteiger partial charge is 0.431 e. The highest BCUT2D eigenvalue weighted by atomic mass is 35.5. The highest BCUT2D eigenvalue weighted by molar-refractivity contribution is 8.13. The van der Waals surface area contributed by atoms with Crippen LogP contribution in [0.15, 0.2) is 27.8 Å². The van der Waals surface area contributed by atoms with Crippen LogP contribution in [0.5, 0.6) is 0 Å². The number of rotatable bonds is 8. The van der Waals surface area contributed by atoms with Crippen LogP contribution in [0.2, 0.25) is 5.02 Å². The van der Waals surface area contributed by atoms with Crippen molar-refractivity contribution in [3.8, 4) is 5.69 Å². The summed E-state index contributed by atoms with van der Waals surface area (Å²) in [6.07, 6.45) is -3.59. The summed E-state index contributed by atoms with van der Waals surface area (Å²) in [5, 5.41) is 11.3. The van der Waals surface area contributed by atoms with Crippen LogP contribution in [0.25, 0.3) is 5.69 Å². The number of carboxylic acids is 1. The largest absolute Gasteiger partial charge is 0.481 e. The Morgan fingerprint density at radius 2 is 1.89 bits per heavy atom. The molecule has 1 unspecified atom stereocenters. The second kappa shape index (κ2) is 9.69. The molecule has 1 atom stereocenters. The molecule has 0 saturated heterocycles. The van der Waals surface area contributed by atoms with E-state index in [2.05, 4.69) is 5.32 Å². The number of carboxylic acid groups (broad SMARTS) is 1. The minimum Gasteiger partial charge on any atom is -0.481 e. The quantitative estimate of drug-likeness (QED) is 0.496. The lowest BCUT2D eigenvalue weighted by Gasteiger charge is -2.19. The average molecular weight is 538 g/mol. The predicted molar refractivity (Wildman–Crippen MR) is 122 cm³/mol. The third kappa shape index (κ3) is 5.56. The first-order valence-electron chi connectivity index (χ1n) is 10.2. The number of hydrogen-bond donors (Lipinski definition) is 2. The van der Waals surface area contributed by atoms with E-state index < -0.39 is 51.9 Å². The van der Waals surface area contributed by atoms with E-state index in [0.717, 1.165) is 30.9 Å². The van der Waals surface area contributed by atoms with E-state index >= 15 is 0 Å². The van der Waals surface area contributed by atoms with Gasteiger partial charge in [0, 0.05) is 18.9 Å². The lowest BCUT2D eigenvalue weighted by Crippen LogP contribution is -2.41. The molecule has 14 heteroatoms. The molecule has 2 aromatic rings. The zero-order chi connectivity index (χ0) is 26.3. The first-order chi connectivity index (χ1) is 16.2. The number of nitrogens with zero attached hydrogens (tertiary/aromatic N) is 2. The van der Waals surface area contributed by atoms with Gasteiger partial charge in [-0.15, -0.1) is 0 Å². The Labute approximate surface area is 204 Å². The van der Waals surface area contributed by atoms with E-state index in [1.165, 1.54) is 0 Å². The van der Waals surface area contributed by atoms with E-state index in [1.807, 2.05) is 0 Å². The van der Waals surface area contributed by atoms with E-state index in [4.69, 9.17) is 11.6 Å². The van der Waals surface area contributed by atoms with E-state index in [0.29, 0.717) is 18.6 Å². The molecule has 1 aromatic carbocycles. The zero-order valence-corrected chi connectivity index (χ0v) is 20.0. The van der Waals surface area contributed by atoms with Crippen LogP contribution in [0, 0.1) is 17.2 Å². The third-order valence-electron chi connectivity index (χ3n) is 6.01. The molecule has 1 saturated carbocycles. The topological polar surface area (TPSA) is 110 Å². The van der Waals surface area contributed by atoms with Crippen LogP contribution < -0.4 is 16.6 Å². The number of benzene rings is 1. The van der Waals surface area contributed by atoms with Crippen molar-refractivity contribution in [2.75, 3.05) is 17.6 Å². The van der Waals surface area contributed by atoms with Gasteiger partial charge in [0.1, 0.15) is 11.5 Å². The number of anilines is 1. The molecule has 3 rings (SSSR count). The Hall–Kier alpha value is -2.80. The lowest BCUT2D eigenvalue weighted by molar-refractivity contribution is -0.144. The van der Waals surface area contributed by atoms with Gasteiger partial charge in [-0.2, -0.15) is 13.2 Å². The Balaban J connectivity index is 1.82. The molecular formula is C21H20ClF4N3O5S. The summed E-state index contributed by atoms with van der Waals surface area (Å²) in [6.45, 7) is 1.29. The van der Waals surface area contributed by atoms with Crippen molar-refractivity contribution in [3.63, 3.8) is 0 Å². The van der Waals surface area contributed by atoms with Crippen LogP contribution in [-0.4, -0.2) is 37.6 Å². The number of aliphatic carboxylic acids is 1. The molecule has 1 heterocycles. The van der Waals surface area contributed by atoms with E-state index in [-0.39, 0.29) is 37.6 Å². The normalized spacial score (nSPS) is 15.5. The molecule has 1 aliphatic carbocycles. The number of aromatic nitrogens is 2. The van der Waals surface area contributed by atoms with Gasteiger partial charge >= 0.3 is 17.8 Å². The summed E-state index contributed by atoms with van der Waals surface area (Å²) in [4.78, 5) is 48.3. The van der Waals surface area contributed by atoms with Crippen LogP contribution >= 0.6 is 23.4 Å². The van der Waals surface area contributed by atoms with Gasteiger partial charge in [-0.3, -0.25) is 19.0 Å². The Bertz CT molecular complexity index is 1300. The number of nitrogens with one attached hydrogen (secondary N) is 1. The highest BCUT2D eigenvalue weighted by Gasteiger charge is 2.50. The second-order valence-electron chi connectivity index (χ2n) is 8.26. The van der Waals surface area contributed by atoms with Gasteiger partial charge in [0.05, 0.1) is 28.9 Å². The molecule has 0 radical (unpaired) electrons. The zero-order valence-electron chi connectivity index (χ0n) is 18.4. The molecule has 0 aliphatic heterocycles.